The van der Waals surface area contributed by atoms with Crippen molar-refractivity contribution in [3.63, 3.8) is 0 Å². The van der Waals surface area contributed by atoms with Crippen molar-refractivity contribution in [2.24, 2.45) is 0 Å². The van der Waals surface area contributed by atoms with Gasteiger partial charge in [-0.05, 0) is 6.92 Å². The number of aliphatic hydroxyl groups is 3. The first-order chi connectivity index (χ1) is 7.33. The van der Waals surface area contributed by atoms with Crippen molar-refractivity contribution in [1.29, 1.82) is 0 Å². The van der Waals surface area contributed by atoms with Gasteiger partial charge in [-0.2, -0.15) is 0 Å². The van der Waals surface area contributed by atoms with E-state index in [4.69, 9.17) is 20.4 Å². The van der Waals surface area contributed by atoms with Crippen LogP contribution in [0.2, 0.25) is 0 Å². The maximum Gasteiger partial charge on any atom is 0.310 e. The van der Waals surface area contributed by atoms with Crippen LogP contribution < -0.4 is 0 Å². The lowest BCUT2D eigenvalue weighted by Gasteiger charge is -1.96. The van der Waals surface area contributed by atoms with E-state index in [1.54, 1.807) is 0 Å². The van der Waals surface area contributed by atoms with Gasteiger partial charge in [0.25, 0.3) is 0 Å². The van der Waals surface area contributed by atoms with E-state index >= 15 is 0 Å². The Morgan fingerprint density at radius 1 is 1.06 bits per heavy atom. The van der Waals surface area contributed by atoms with Gasteiger partial charge in [0.2, 0.25) is 0 Å². The molecule has 7 heteroatoms. The predicted molar refractivity (Wildman–Crippen MR) is 52.7 cm³/mol. The molecule has 0 aliphatic heterocycles. The Morgan fingerprint density at radius 2 is 1.50 bits per heavy atom. The van der Waals surface area contributed by atoms with Gasteiger partial charge in [-0.15, -0.1) is 0 Å². The molecule has 7 nitrogen and oxygen atoms in total. The third kappa shape index (κ3) is 15.2. The molecule has 0 aliphatic carbocycles. The average Bonchev–Trinajstić information content (AvgIpc) is 2.14. The molecule has 0 rings (SSSR count). The number of carboxylic acids is 1. The first-order valence-corrected chi connectivity index (χ1v) is 4.46. The van der Waals surface area contributed by atoms with Crippen LogP contribution in [0.1, 0.15) is 19.8 Å². The Bertz CT molecular complexity index is 214. The summed E-state index contributed by atoms with van der Waals surface area (Å²) in [6.07, 6.45) is -1.78. The topological polar surface area (TPSA) is 132 Å². The number of aliphatic hydroxyl groups excluding tert-OH is 3. The van der Waals surface area contributed by atoms with Crippen LogP contribution in [0.4, 0.5) is 0 Å². The molecule has 0 amide bonds. The highest BCUT2D eigenvalue weighted by atomic mass is 16.4. The Labute approximate surface area is 92.3 Å². The molecule has 16 heavy (non-hydrogen) atoms. The zero-order valence-electron chi connectivity index (χ0n) is 8.92. The summed E-state index contributed by atoms with van der Waals surface area (Å²) in [6, 6.07) is 0. The highest BCUT2D eigenvalue weighted by molar-refractivity contribution is 6.04. The fraction of sp³-hybridized carbons (Fsp3) is 0.667. The Hall–Kier alpha value is -1.31. The number of Topliss-reactive ketones (excluding diaryl/α,β-unsaturated/α-hetero) is 2. The molecule has 0 saturated carbocycles. The minimum absolute atomic E-state index is 0.272. The molecule has 0 aromatic carbocycles. The summed E-state index contributed by atoms with van der Waals surface area (Å²) >= 11 is 0. The number of hydrogen-bond donors (Lipinski definition) is 4. The molecule has 0 fully saturated rings. The Morgan fingerprint density at radius 3 is 1.69 bits per heavy atom. The molecule has 0 aliphatic rings. The standard InChI is InChI=1S/C6H8O4.C3H8O3/c1-4(7)2-5(8)3-6(9)10;4-1-3(6)2-5/h2-3H2,1H3,(H,9,10);3-6H,1-2H2. The molecule has 0 unspecified atom stereocenters. The molecule has 0 aromatic rings. The summed E-state index contributed by atoms with van der Waals surface area (Å²) in [6.45, 7) is 0.521. The largest absolute Gasteiger partial charge is 0.481 e. The van der Waals surface area contributed by atoms with Gasteiger partial charge in [0, 0.05) is 0 Å². The van der Waals surface area contributed by atoms with E-state index < -0.39 is 24.3 Å². The quantitative estimate of drug-likeness (QED) is 0.406. The molecule has 0 aromatic heterocycles. The lowest BCUT2D eigenvalue weighted by Crippen LogP contribution is -2.15. The van der Waals surface area contributed by atoms with E-state index in [0.717, 1.165) is 0 Å². The maximum absolute atomic E-state index is 10.5. The second kappa shape index (κ2) is 10.2. The summed E-state index contributed by atoms with van der Waals surface area (Å²) in [5.41, 5.74) is 0. The molecular weight excluding hydrogens is 220 g/mol. The second-order valence-corrected chi connectivity index (χ2v) is 3.01. The minimum Gasteiger partial charge on any atom is -0.481 e. The van der Waals surface area contributed by atoms with Crippen molar-refractivity contribution in [1.82, 2.24) is 0 Å². The summed E-state index contributed by atoms with van der Waals surface area (Å²) < 4.78 is 0. The van der Waals surface area contributed by atoms with E-state index in [0.29, 0.717) is 0 Å². The fourth-order valence-corrected chi connectivity index (χ4v) is 0.567. The van der Waals surface area contributed by atoms with E-state index in [9.17, 15) is 14.4 Å². The molecule has 0 spiro atoms. The predicted octanol–water partition coefficient (Wildman–Crippen LogP) is -1.66. The summed E-state index contributed by atoms with van der Waals surface area (Å²) in [7, 11) is 0. The van der Waals surface area contributed by atoms with Crippen LogP contribution in [0.5, 0.6) is 0 Å². The van der Waals surface area contributed by atoms with Gasteiger partial charge >= 0.3 is 5.97 Å². The zero-order valence-corrected chi connectivity index (χ0v) is 8.92. The molecule has 0 saturated heterocycles. The summed E-state index contributed by atoms with van der Waals surface area (Å²) in [5, 5.41) is 32.1. The summed E-state index contributed by atoms with van der Waals surface area (Å²) in [5.74, 6) is -2.03. The summed E-state index contributed by atoms with van der Waals surface area (Å²) in [4.78, 5) is 30.5. The van der Waals surface area contributed by atoms with Crippen LogP contribution >= 0.6 is 0 Å². The van der Waals surface area contributed by atoms with Crippen LogP contribution in [0.15, 0.2) is 0 Å². The molecule has 0 atom stereocenters. The van der Waals surface area contributed by atoms with Crippen molar-refractivity contribution < 1.29 is 34.8 Å². The highest BCUT2D eigenvalue weighted by Gasteiger charge is 2.08. The van der Waals surface area contributed by atoms with Crippen LogP contribution in [0, 0.1) is 0 Å². The second-order valence-electron chi connectivity index (χ2n) is 3.01. The van der Waals surface area contributed by atoms with E-state index in [-0.39, 0.29) is 25.4 Å². The van der Waals surface area contributed by atoms with Gasteiger partial charge in [0.15, 0.2) is 5.78 Å². The number of aliphatic carboxylic acids is 1. The SMILES string of the molecule is CC(=O)CC(=O)CC(=O)O.OCC(O)CO. The molecule has 94 valence electrons. The van der Waals surface area contributed by atoms with Crippen LogP contribution in [-0.4, -0.2) is 57.3 Å². The highest BCUT2D eigenvalue weighted by Crippen LogP contribution is 1.90. The average molecular weight is 236 g/mol. The lowest BCUT2D eigenvalue weighted by molar-refractivity contribution is -0.140. The fourth-order valence-electron chi connectivity index (χ4n) is 0.567. The number of carbonyl (C=O) groups is 3. The Balaban J connectivity index is 0. The van der Waals surface area contributed by atoms with Crippen LogP contribution in [-0.2, 0) is 14.4 Å². The molecule has 0 heterocycles. The minimum atomic E-state index is -1.19. The first-order valence-electron chi connectivity index (χ1n) is 4.46. The first kappa shape index (κ1) is 17.1. The third-order valence-electron chi connectivity index (χ3n) is 1.22. The van der Waals surface area contributed by atoms with Gasteiger partial charge in [0.1, 0.15) is 18.3 Å². The van der Waals surface area contributed by atoms with Crippen molar-refractivity contribution in [2.45, 2.75) is 25.9 Å². The molecule has 4 N–H and O–H groups in total. The van der Waals surface area contributed by atoms with Gasteiger partial charge in [-0.1, -0.05) is 0 Å². The van der Waals surface area contributed by atoms with Crippen molar-refractivity contribution in [2.75, 3.05) is 13.2 Å². The zero-order chi connectivity index (χ0) is 13.1. The number of hydrogen-bond acceptors (Lipinski definition) is 6. The Kier molecular flexibility index (Phi) is 10.9. The maximum atomic E-state index is 10.5. The van der Waals surface area contributed by atoms with Gasteiger partial charge in [-0.25, -0.2) is 0 Å². The monoisotopic (exact) mass is 236 g/mol. The van der Waals surface area contributed by atoms with Gasteiger partial charge in [-0.3, -0.25) is 14.4 Å². The number of carboxylic acid groups (broad SMARTS) is 1. The van der Waals surface area contributed by atoms with Crippen LogP contribution in [0.25, 0.3) is 0 Å². The molecular formula is C9H16O7. The van der Waals surface area contributed by atoms with Gasteiger partial charge < -0.3 is 20.4 Å². The lowest BCUT2D eigenvalue weighted by atomic mass is 10.2. The van der Waals surface area contributed by atoms with E-state index in [1.165, 1.54) is 6.92 Å². The van der Waals surface area contributed by atoms with Crippen molar-refractivity contribution in [3.05, 3.63) is 0 Å². The van der Waals surface area contributed by atoms with E-state index in [1.807, 2.05) is 0 Å². The molecule has 0 radical (unpaired) electrons. The van der Waals surface area contributed by atoms with Crippen molar-refractivity contribution in [3.8, 4) is 0 Å². The van der Waals surface area contributed by atoms with E-state index in [2.05, 4.69) is 0 Å². The number of carbonyl (C=O) groups excluding carboxylic acids is 2. The third-order valence-corrected chi connectivity index (χ3v) is 1.22. The smallest absolute Gasteiger partial charge is 0.310 e. The van der Waals surface area contributed by atoms with Crippen molar-refractivity contribution >= 4 is 17.5 Å². The number of rotatable bonds is 6. The normalized spacial score (nSPS) is 9.31. The number of ketones is 2. The van der Waals surface area contributed by atoms with Crippen LogP contribution in [0.3, 0.4) is 0 Å². The molecule has 0 bridgehead atoms. The van der Waals surface area contributed by atoms with Gasteiger partial charge in [0.05, 0.1) is 19.6 Å².